The quantitative estimate of drug-likeness (QED) is 0.141. The summed E-state index contributed by atoms with van der Waals surface area (Å²) in [6.45, 7) is 1.91. The molecule has 0 amide bonds. The van der Waals surface area contributed by atoms with Gasteiger partial charge in [-0.1, -0.05) is 119 Å². The van der Waals surface area contributed by atoms with E-state index in [0.29, 0.717) is 12.0 Å². The van der Waals surface area contributed by atoms with Crippen molar-refractivity contribution in [2.45, 2.75) is 94.7 Å². The van der Waals surface area contributed by atoms with E-state index in [4.69, 9.17) is 27.9 Å². The van der Waals surface area contributed by atoms with Crippen LogP contribution in [0.1, 0.15) is 101 Å². The van der Waals surface area contributed by atoms with E-state index in [0.717, 1.165) is 19.3 Å². The molecule has 0 N–H and O–H groups in total. The predicted octanol–water partition coefficient (Wildman–Crippen LogP) is 7.68. The first kappa shape index (κ1) is 26.0. The lowest BCUT2D eigenvalue weighted by atomic mass is 10.0. The van der Waals surface area contributed by atoms with Crippen LogP contribution in [0.25, 0.3) is 0 Å². The molecule has 1 aromatic rings. The zero-order valence-electron chi connectivity index (χ0n) is 17.8. The molecule has 164 valence electrons. The van der Waals surface area contributed by atoms with Crippen molar-refractivity contribution in [1.29, 1.82) is 0 Å². The first-order chi connectivity index (χ1) is 14.0. The van der Waals surface area contributed by atoms with E-state index in [9.17, 15) is 9.59 Å². The van der Waals surface area contributed by atoms with E-state index in [1.807, 2.05) is 6.07 Å². The highest BCUT2D eigenvalue weighted by Crippen LogP contribution is 2.26. The highest BCUT2D eigenvalue weighted by Gasteiger charge is 2.34. The number of unbranched alkanes of at least 4 members (excludes halogenated alkanes) is 11. The average Bonchev–Trinajstić information content (AvgIpc) is 2.73. The summed E-state index contributed by atoms with van der Waals surface area (Å²) in [5.41, 5.74) is 0.407. The maximum atomic E-state index is 12.2. The van der Waals surface area contributed by atoms with Crippen LogP contribution >= 0.6 is 23.2 Å². The second-order valence-corrected chi connectivity index (χ2v) is 9.19. The molecule has 0 fully saturated rings. The molecule has 5 heteroatoms. The van der Waals surface area contributed by atoms with Crippen LogP contribution in [0.3, 0.4) is 0 Å². The maximum Gasteiger partial charge on any atom is 0.338 e. The van der Waals surface area contributed by atoms with Gasteiger partial charge >= 0.3 is 5.97 Å². The summed E-state index contributed by atoms with van der Waals surface area (Å²) in [6.07, 6.45) is 15.1. The minimum atomic E-state index is -1.68. The Kier molecular flexibility index (Phi) is 14.1. The number of hydrogen-bond donors (Lipinski definition) is 0. The van der Waals surface area contributed by atoms with Gasteiger partial charge in [0, 0.05) is 6.42 Å². The van der Waals surface area contributed by atoms with E-state index in [-0.39, 0.29) is 12.4 Å². The van der Waals surface area contributed by atoms with Crippen molar-refractivity contribution in [3.05, 3.63) is 35.9 Å². The van der Waals surface area contributed by atoms with Crippen molar-refractivity contribution in [3.63, 3.8) is 0 Å². The Balaban J connectivity index is 2.06. The van der Waals surface area contributed by atoms with E-state index in [1.54, 1.807) is 24.3 Å². The molecule has 0 aliphatic rings. The standard InChI is InChI=1S/C24H36Cl2O3/c1-2-3-4-5-6-7-8-9-10-11-12-16-19-22(27)24(25,26)20-29-23(28)21-17-14-13-15-18-21/h13-15,17-18H,2-12,16,19-20H2,1H3. The van der Waals surface area contributed by atoms with E-state index >= 15 is 0 Å². The van der Waals surface area contributed by atoms with Crippen LogP contribution in [-0.2, 0) is 9.53 Å². The van der Waals surface area contributed by atoms with Gasteiger partial charge in [-0.05, 0) is 18.6 Å². The predicted molar refractivity (Wildman–Crippen MR) is 122 cm³/mol. The minimum Gasteiger partial charge on any atom is -0.458 e. The van der Waals surface area contributed by atoms with Gasteiger partial charge in [0.2, 0.25) is 4.33 Å². The summed E-state index contributed by atoms with van der Waals surface area (Å²) in [4.78, 5) is 24.2. The first-order valence-electron chi connectivity index (χ1n) is 11.1. The Morgan fingerprint density at radius 3 is 1.79 bits per heavy atom. The zero-order valence-corrected chi connectivity index (χ0v) is 19.3. The van der Waals surface area contributed by atoms with Crippen molar-refractivity contribution in [2.75, 3.05) is 6.61 Å². The highest BCUT2D eigenvalue weighted by atomic mass is 35.5. The van der Waals surface area contributed by atoms with Crippen LogP contribution in [0.5, 0.6) is 0 Å². The van der Waals surface area contributed by atoms with Crippen LogP contribution in [0, 0.1) is 0 Å². The summed E-state index contributed by atoms with van der Waals surface area (Å²) >= 11 is 12.2. The number of carbonyl (C=O) groups is 2. The molecule has 0 aliphatic heterocycles. The second kappa shape index (κ2) is 15.7. The Labute approximate surface area is 186 Å². The largest absolute Gasteiger partial charge is 0.458 e. The number of rotatable bonds is 17. The molecule has 1 aromatic carbocycles. The maximum absolute atomic E-state index is 12.2. The van der Waals surface area contributed by atoms with E-state index in [1.165, 1.54) is 57.8 Å². The SMILES string of the molecule is CCCCCCCCCCCCCCC(=O)C(Cl)(Cl)COC(=O)c1ccccc1. The van der Waals surface area contributed by atoms with Gasteiger partial charge in [0.25, 0.3) is 0 Å². The van der Waals surface area contributed by atoms with Crippen molar-refractivity contribution >= 4 is 35.0 Å². The highest BCUT2D eigenvalue weighted by molar-refractivity contribution is 6.58. The molecule has 1 rings (SSSR count). The topological polar surface area (TPSA) is 43.4 Å². The van der Waals surface area contributed by atoms with Crippen LogP contribution in [-0.4, -0.2) is 22.7 Å². The third-order valence-corrected chi connectivity index (χ3v) is 5.70. The van der Waals surface area contributed by atoms with Crippen molar-refractivity contribution < 1.29 is 14.3 Å². The van der Waals surface area contributed by atoms with Gasteiger partial charge in [-0.25, -0.2) is 4.79 Å². The van der Waals surface area contributed by atoms with Gasteiger partial charge in [-0.3, -0.25) is 4.79 Å². The van der Waals surface area contributed by atoms with Crippen molar-refractivity contribution in [3.8, 4) is 0 Å². The smallest absolute Gasteiger partial charge is 0.338 e. The van der Waals surface area contributed by atoms with Crippen LogP contribution < -0.4 is 0 Å². The number of carbonyl (C=O) groups excluding carboxylic acids is 2. The monoisotopic (exact) mass is 442 g/mol. The molecular formula is C24H36Cl2O3. The summed E-state index contributed by atoms with van der Waals surface area (Å²) < 4.78 is 3.43. The molecule has 0 spiro atoms. The van der Waals surface area contributed by atoms with Crippen LogP contribution in [0.2, 0.25) is 0 Å². The number of hydrogen-bond acceptors (Lipinski definition) is 3. The lowest BCUT2D eigenvalue weighted by molar-refractivity contribution is -0.120. The number of esters is 1. The molecule has 29 heavy (non-hydrogen) atoms. The van der Waals surface area contributed by atoms with Crippen molar-refractivity contribution in [1.82, 2.24) is 0 Å². The molecule has 0 aromatic heterocycles. The zero-order chi connectivity index (χ0) is 21.4. The van der Waals surface area contributed by atoms with E-state index < -0.39 is 10.3 Å². The van der Waals surface area contributed by atoms with Gasteiger partial charge < -0.3 is 4.74 Å². The molecular weight excluding hydrogens is 407 g/mol. The van der Waals surface area contributed by atoms with Gasteiger partial charge in [0.1, 0.15) is 6.61 Å². The second-order valence-electron chi connectivity index (χ2n) is 7.71. The molecule has 0 unspecified atom stereocenters. The summed E-state index contributed by atoms with van der Waals surface area (Å²) in [5, 5.41) is 0. The van der Waals surface area contributed by atoms with Crippen molar-refractivity contribution in [2.24, 2.45) is 0 Å². The third-order valence-electron chi connectivity index (χ3n) is 5.06. The van der Waals surface area contributed by atoms with Crippen LogP contribution in [0.4, 0.5) is 0 Å². The fourth-order valence-electron chi connectivity index (χ4n) is 3.20. The normalized spacial score (nSPS) is 11.4. The number of benzene rings is 1. The number of Topliss-reactive ketones (excluding diaryl/α,β-unsaturated/α-hetero) is 1. The van der Waals surface area contributed by atoms with Crippen LogP contribution in [0.15, 0.2) is 30.3 Å². The molecule has 0 aliphatic carbocycles. The molecule has 0 saturated heterocycles. The van der Waals surface area contributed by atoms with Gasteiger partial charge in [0.05, 0.1) is 5.56 Å². The fourth-order valence-corrected chi connectivity index (χ4v) is 3.50. The molecule has 0 saturated carbocycles. The Bertz CT molecular complexity index is 573. The van der Waals surface area contributed by atoms with Gasteiger partial charge in [-0.15, -0.1) is 0 Å². The number of ether oxygens (including phenoxy) is 1. The summed E-state index contributed by atoms with van der Waals surface area (Å²) in [5.74, 6) is -0.816. The summed E-state index contributed by atoms with van der Waals surface area (Å²) in [6, 6.07) is 8.57. The molecule has 0 bridgehead atoms. The average molecular weight is 443 g/mol. The van der Waals surface area contributed by atoms with Gasteiger partial charge in [-0.2, -0.15) is 0 Å². The van der Waals surface area contributed by atoms with Gasteiger partial charge in [0.15, 0.2) is 5.78 Å². The lowest BCUT2D eigenvalue weighted by Crippen LogP contribution is -2.32. The Morgan fingerprint density at radius 2 is 1.28 bits per heavy atom. The molecule has 0 radical (unpaired) electrons. The first-order valence-corrected chi connectivity index (χ1v) is 11.9. The van der Waals surface area contributed by atoms with E-state index in [2.05, 4.69) is 6.92 Å². The summed E-state index contributed by atoms with van der Waals surface area (Å²) in [7, 11) is 0. The minimum absolute atomic E-state index is 0.284. The Morgan fingerprint density at radius 1 is 0.793 bits per heavy atom. The number of ketones is 1. The Hall–Kier alpha value is -1.06. The third kappa shape index (κ3) is 12.3. The number of halogens is 2. The fraction of sp³-hybridized carbons (Fsp3) is 0.667. The number of alkyl halides is 2. The lowest BCUT2D eigenvalue weighted by Gasteiger charge is -2.18. The molecule has 0 atom stereocenters. The molecule has 0 heterocycles. The molecule has 3 nitrogen and oxygen atoms in total.